The van der Waals surface area contributed by atoms with Crippen molar-refractivity contribution >= 4 is 9.28 Å². The Kier molecular flexibility index (Phi) is 7.45. The maximum atomic E-state index is 5.30. The van der Waals surface area contributed by atoms with Crippen molar-refractivity contribution in [3.63, 3.8) is 0 Å². The molecule has 3 nitrogen and oxygen atoms in total. The predicted molar refractivity (Wildman–Crippen MR) is 63.0 cm³/mol. The van der Waals surface area contributed by atoms with Crippen LogP contribution in [-0.2, 0) is 8.85 Å². The van der Waals surface area contributed by atoms with E-state index in [1.807, 2.05) is 0 Å². The Morgan fingerprint density at radius 2 is 1.43 bits per heavy atom. The van der Waals surface area contributed by atoms with Crippen LogP contribution in [0, 0.1) is 0 Å². The zero-order valence-corrected chi connectivity index (χ0v) is 11.6. The SMILES string of the molecule is CO[SiH](CCN(C(C)C)C(C)C)OC. The Labute approximate surface area is 90.2 Å². The predicted octanol–water partition coefficient (Wildman–Crippen LogP) is 1.62. The van der Waals surface area contributed by atoms with Gasteiger partial charge < -0.3 is 8.85 Å². The summed E-state index contributed by atoms with van der Waals surface area (Å²) >= 11 is 0. The molecule has 0 aliphatic rings. The van der Waals surface area contributed by atoms with Crippen LogP contribution in [0.5, 0.6) is 0 Å². The Morgan fingerprint density at radius 3 is 1.71 bits per heavy atom. The molecule has 14 heavy (non-hydrogen) atoms. The molecule has 0 bridgehead atoms. The summed E-state index contributed by atoms with van der Waals surface area (Å²) in [6.07, 6.45) is 0. The van der Waals surface area contributed by atoms with Gasteiger partial charge >= 0.3 is 9.28 Å². The Morgan fingerprint density at radius 1 is 1.00 bits per heavy atom. The Bertz CT molecular complexity index is 130. The molecule has 0 N–H and O–H groups in total. The van der Waals surface area contributed by atoms with Crippen molar-refractivity contribution in [2.45, 2.75) is 45.8 Å². The van der Waals surface area contributed by atoms with Gasteiger partial charge in [-0.15, -0.1) is 0 Å². The van der Waals surface area contributed by atoms with Gasteiger partial charge in [-0.05, 0) is 27.7 Å². The zero-order valence-electron chi connectivity index (χ0n) is 10.4. The van der Waals surface area contributed by atoms with E-state index in [0.29, 0.717) is 12.1 Å². The van der Waals surface area contributed by atoms with Gasteiger partial charge in [0.2, 0.25) is 0 Å². The summed E-state index contributed by atoms with van der Waals surface area (Å²) in [6.45, 7) is 10.0. The van der Waals surface area contributed by atoms with Crippen molar-refractivity contribution in [2.75, 3.05) is 20.8 Å². The van der Waals surface area contributed by atoms with Crippen LogP contribution in [0.15, 0.2) is 0 Å². The molecule has 0 heterocycles. The first-order valence-corrected chi connectivity index (χ1v) is 7.10. The lowest BCUT2D eigenvalue weighted by Crippen LogP contribution is -2.39. The molecule has 0 aromatic carbocycles. The van der Waals surface area contributed by atoms with Crippen molar-refractivity contribution in [3.8, 4) is 0 Å². The smallest absolute Gasteiger partial charge is 0.322 e. The van der Waals surface area contributed by atoms with Crippen LogP contribution < -0.4 is 0 Å². The quantitative estimate of drug-likeness (QED) is 0.607. The van der Waals surface area contributed by atoms with Crippen molar-refractivity contribution in [1.29, 1.82) is 0 Å². The van der Waals surface area contributed by atoms with Crippen LogP contribution in [-0.4, -0.2) is 47.0 Å². The van der Waals surface area contributed by atoms with E-state index in [1.54, 1.807) is 14.2 Å². The van der Waals surface area contributed by atoms with E-state index >= 15 is 0 Å². The second kappa shape index (κ2) is 7.40. The van der Waals surface area contributed by atoms with Gasteiger partial charge in [0, 0.05) is 38.9 Å². The molecule has 0 aliphatic heterocycles. The van der Waals surface area contributed by atoms with Crippen LogP contribution in [0.3, 0.4) is 0 Å². The summed E-state index contributed by atoms with van der Waals surface area (Å²) in [5.41, 5.74) is 0. The summed E-state index contributed by atoms with van der Waals surface area (Å²) in [6, 6.07) is 2.25. The lowest BCUT2D eigenvalue weighted by Gasteiger charge is -2.31. The minimum absolute atomic E-state index is 0.596. The lowest BCUT2D eigenvalue weighted by atomic mass is 10.2. The van der Waals surface area contributed by atoms with Gasteiger partial charge in [0.05, 0.1) is 0 Å². The van der Waals surface area contributed by atoms with E-state index in [2.05, 4.69) is 32.6 Å². The van der Waals surface area contributed by atoms with Crippen LogP contribution in [0.1, 0.15) is 27.7 Å². The van der Waals surface area contributed by atoms with Crippen molar-refractivity contribution in [3.05, 3.63) is 0 Å². The van der Waals surface area contributed by atoms with Gasteiger partial charge in [0.15, 0.2) is 0 Å². The molecule has 0 unspecified atom stereocenters. The lowest BCUT2D eigenvalue weighted by molar-refractivity contribution is 0.177. The van der Waals surface area contributed by atoms with Gasteiger partial charge in [-0.3, -0.25) is 4.90 Å². The van der Waals surface area contributed by atoms with Gasteiger partial charge in [-0.1, -0.05) is 0 Å². The van der Waals surface area contributed by atoms with Gasteiger partial charge in [0.1, 0.15) is 0 Å². The van der Waals surface area contributed by atoms with E-state index in [1.165, 1.54) is 0 Å². The summed E-state index contributed by atoms with van der Waals surface area (Å²) in [5.74, 6) is 0. The van der Waals surface area contributed by atoms with E-state index in [-0.39, 0.29) is 0 Å². The maximum absolute atomic E-state index is 5.30. The third-order valence-electron chi connectivity index (χ3n) is 2.48. The molecule has 0 rings (SSSR count). The zero-order chi connectivity index (χ0) is 11.1. The van der Waals surface area contributed by atoms with E-state index in [9.17, 15) is 0 Å². The van der Waals surface area contributed by atoms with E-state index in [4.69, 9.17) is 8.85 Å². The van der Waals surface area contributed by atoms with Gasteiger partial charge in [0.25, 0.3) is 0 Å². The molecule has 86 valence electrons. The average molecular weight is 219 g/mol. The third-order valence-corrected chi connectivity index (χ3v) is 4.26. The molecule has 0 aromatic heterocycles. The number of nitrogens with zero attached hydrogens (tertiary/aromatic N) is 1. The third kappa shape index (κ3) is 5.10. The first kappa shape index (κ1) is 14.1. The second-order valence-electron chi connectivity index (χ2n) is 4.11. The summed E-state index contributed by atoms with van der Waals surface area (Å²) < 4.78 is 10.6. The normalized spacial score (nSPS) is 12.4. The molecular weight excluding hydrogens is 194 g/mol. The Balaban J connectivity index is 3.92. The molecule has 0 aliphatic carbocycles. The fourth-order valence-corrected chi connectivity index (χ4v) is 2.87. The van der Waals surface area contributed by atoms with Gasteiger partial charge in [-0.2, -0.15) is 0 Å². The molecule has 0 saturated carbocycles. The standard InChI is InChI=1S/C10H25NO2Si/c1-9(2)11(10(3)4)7-8-14(12-5)13-6/h9-10,14H,7-8H2,1-6H3. The van der Waals surface area contributed by atoms with Crippen molar-refractivity contribution in [1.82, 2.24) is 4.90 Å². The number of hydrogen-bond donors (Lipinski definition) is 0. The molecule has 0 fully saturated rings. The number of rotatable bonds is 7. The number of hydrogen-bond acceptors (Lipinski definition) is 3. The van der Waals surface area contributed by atoms with Crippen LogP contribution in [0.25, 0.3) is 0 Å². The van der Waals surface area contributed by atoms with Crippen molar-refractivity contribution < 1.29 is 8.85 Å². The molecular formula is C10H25NO2Si. The second-order valence-corrected chi connectivity index (χ2v) is 6.49. The molecule has 0 atom stereocenters. The van der Waals surface area contributed by atoms with Crippen LogP contribution in [0.2, 0.25) is 6.04 Å². The summed E-state index contributed by atoms with van der Waals surface area (Å²) in [5, 5.41) is 0. The summed E-state index contributed by atoms with van der Waals surface area (Å²) in [4.78, 5) is 2.47. The fourth-order valence-electron chi connectivity index (χ4n) is 1.70. The molecule has 4 heteroatoms. The van der Waals surface area contributed by atoms with E-state index < -0.39 is 9.28 Å². The Hall–Kier alpha value is 0.0969. The first-order valence-electron chi connectivity index (χ1n) is 5.34. The molecule has 0 radical (unpaired) electrons. The molecule has 0 amide bonds. The molecule has 0 spiro atoms. The van der Waals surface area contributed by atoms with Gasteiger partial charge in [-0.25, -0.2) is 0 Å². The monoisotopic (exact) mass is 219 g/mol. The average Bonchev–Trinajstić information content (AvgIpc) is 2.11. The first-order chi connectivity index (χ1) is 6.52. The minimum atomic E-state index is -1.37. The molecule has 0 aromatic rings. The van der Waals surface area contributed by atoms with Crippen molar-refractivity contribution in [2.24, 2.45) is 0 Å². The van der Waals surface area contributed by atoms with E-state index in [0.717, 1.165) is 12.6 Å². The summed E-state index contributed by atoms with van der Waals surface area (Å²) in [7, 11) is 2.12. The fraction of sp³-hybridized carbons (Fsp3) is 1.00. The van der Waals surface area contributed by atoms with Crippen LogP contribution in [0.4, 0.5) is 0 Å². The highest BCUT2D eigenvalue weighted by molar-refractivity contribution is 6.44. The highest BCUT2D eigenvalue weighted by atomic mass is 28.3. The highest BCUT2D eigenvalue weighted by Gasteiger charge is 2.17. The van der Waals surface area contributed by atoms with Crippen LogP contribution >= 0.6 is 0 Å². The highest BCUT2D eigenvalue weighted by Crippen LogP contribution is 2.07. The largest absolute Gasteiger partial charge is 0.400 e. The maximum Gasteiger partial charge on any atom is 0.322 e. The minimum Gasteiger partial charge on any atom is -0.400 e. The molecule has 0 saturated heterocycles. The topological polar surface area (TPSA) is 21.7 Å².